The third kappa shape index (κ3) is 4.99. The first-order valence-corrected chi connectivity index (χ1v) is 8.15. The molecule has 0 aromatic carbocycles. The zero-order valence-corrected chi connectivity index (χ0v) is 15.1. The second-order valence-electron chi connectivity index (χ2n) is 7.17. The number of rotatable bonds is 7. The van der Waals surface area contributed by atoms with Crippen molar-refractivity contribution in [2.24, 2.45) is 0 Å². The third-order valence-electron chi connectivity index (χ3n) is 4.31. The topological polar surface area (TPSA) is 28.2 Å². The van der Waals surface area contributed by atoms with Gasteiger partial charge < -0.3 is 10.2 Å². The van der Waals surface area contributed by atoms with E-state index in [4.69, 9.17) is 4.98 Å². The maximum absolute atomic E-state index is 4.87. The van der Waals surface area contributed by atoms with Crippen molar-refractivity contribution >= 4 is 5.82 Å². The van der Waals surface area contributed by atoms with E-state index in [1.807, 2.05) is 0 Å². The lowest BCUT2D eigenvalue weighted by atomic mass is 9.99. The Morgan fingerprint density at radius 1 is 1.19 bits per heavy atom. The molecule has 0 aliphatic heterocycles. The minimum atomic E-state index is 0.116. The quantitative estimate of drug-likeness (QED) is 0.810. The molecule has 1 aromatic rings. The van der Waals surface area contributed by atoms with Crippen molar-refractivity contribution in [2.45, 2.75) is 78.9 Å². The molecular formula is C18H33N3. The lowest BCUT2D eigenvalue weighted by molar-refractivity contribution is 0.466. The van der Waals surface area contributed by atoms with Crippen LogP contribution >= 0.6 is 0 Å². The summed E-state index contributed by atoms with van der Waals surface area (Å²) in [5.74, 6) is 1.52. The fraction of sp³-hybridized carbons (Fsp3) is 0.722. The largest absolute Gasteiger partial charge is 0.355 e. The maximum atomic E-state index is 4.87. The first-order chi connectivity index (χ1) is 9.67. The van der Waals surface area contributed by atoms with Crippen molar-refractivity contribution in [3.05, 3.63) is 23.4 Å². The van der Waals surface area contributed by atoms with Crippen LogP contribution in [0.2, 0.25) is 0 Å². The Morgan fingerprint density at radius 3 is 2.29 bits per heavy atom. The number of nitrogens with zero attached hydrogens (tertiary/aromatic N) is 2. The predicted molar refractivity (Wildman–Crippen MR) is 93.1 cm³/mol. The van der Waals surface area contributed by atoms with Crippen molar-refractivity contribution in [3.63, 3.8) is 0 Å². The summed E-state index contributed by atoms with van der Waals surface area (Å²) in [6.45, 7) is 16.4. The van der Waals surface area contributed by atoms with Gasteiger partial charge in [-0.25, -0.2) is 4.98 Å². The molecule has 0 unspecified atom stereocenters. The normalized spacial score (nSPS) is 12.3. The van der Waals surface area contributed by atoms with Gasteiger partial charge >= 0.3 is 0 Å². The Balaban J connectivity index is 3.13. The van der Waals surface area contributed by atoms with Gasteiger partial charge in [-0.15, -0.1) is 0 Å². The highest BCUT2D eigenvalue weighted by Gasteiger charge is 2.23. The Bertz CT molecular complexity index is 450. The third-order valence-corrected chi connectivity index (χ3v) is 4.31. The van der Waals surface area contributed by atoms with Gasteiger partial charge in [0.1, 0.15) is 5.82 Å². The first-order valence-electron chi connectivity index (χ1n) is 8.15. The van der Waals surface area contributed by atoms with Crippen LogP contribution in [0.1, 0.15) is 72.1 Å². The highest BCUT2D eigenvalue weighted by Crippen LogP contribution is 2.26. The molecule has 3 nitrogen and oxygen atoms in total. The highest BCUT2D eigenvalue weighted by molar-refractivity contribution is 5.45. The Hall–Kier alpha value is -1.09. The summed E-state index contributed by atoms with van der Waals surface area (Å²) in [7, 11) is 2.15. The van der Waals surface area contributed by atoms with Crippen molar-refractivity contribution in [2.75, 3.05) is 11.9 Å². The zero-order chi connectivity index (χ0) is 16.2. The Kier molecular flexibility index (Phi) is 6.21. The number of nitrogens with one attached hydrogen (secondary N) is 1. The summed E-state index contributed by atoms with van der Waals surface area (Å²) in [6, 6.07) is 4.95. The van der Waals surface area contributed by atoms with Crippen molar-refractivity contribution in [3.8, 4) is 0 Å². The molecule has 1 heterocycles. The van der Waals surface area contributed by atoms with Gasteiger partial charge in [0, 0.05) is 30.9 Å². The minimum Gasteiger partial charge on any atom is -0.355 e. The van der Waals surface area contributed by atoms with E-state index in [-0.39, 0.29) is 5.54 Å². The monoisotopic (exact) mass is 291 g/mol. The summed E-state index contributed by atoms with van der Waals surface area (Å²) >= 11 is 0. The molecule has 0 atom stereocenters. The molecule has 0 radical (unpaired) electrons. The average Bonchev–Trinajstić information content (AvgIpc) is 2.43. The van der Waals surface area contributed by atoms with Crippen molar-refractivity contribution in [1.82, 2.24) is 10.3 Å². The molecule has 0 amide bonds. The molecule has 3 heteroatoms. The first kappa shape index (κ1) is 18.0. The molecule has 0 spiro atoms. The summed E-state index contributed by atoms with van der Waals surface area (Å²) < 4.78 is 0. The van der Waals surface area contributed by atoms with Gasteiger partial charge in [0.25, 0.3) is 0 Å². The molecular weight excluding hydrogens is 258 g/mol. The van der Waals surface area contributed by atoms with Gasteiger partial charge in [-0.05, 0) is 43.9 Å². The van der Waals surface area contributed by atoms with Crippen LogP contribution in [0.3, 0.4) is 0 Å². The SMILES string of the molecule is CCC(C)(C)N(C)c1cc(CNC(C)C)cc(C(C)C)n1. The summed E-state index contributed by atoms with van der Waals surface area (Å²) in [5.41, 5.74) is 2.61. The van der Waals surface area contributed by atoms with Crippen LogP contribution < -0.4 is 10.2 Å². The number of hydrogen-bond donors (Lipinski definition) is 1. The predicted octanol–water partition coefficient (Wildman–Crippen LogP) is 4.33. The average molecular weight is 291 g/mol. The molecule has 21 heavy (non-hydrogen) atoms. The molecule has 1 rings (SSSR count). The molecule has 1 aromatic heterocycles. The molecule has 0 aliphatic carbocycles. The summed E-state index contributed by atoms with van der Waals surface area (Å²) in [4.78, 5) is 7.18. The van der Waals surface area contributed by atoms with Crippen LogP contribution in [0.5, 0.6) is 0 Å². The minimum absolute atomic E-state index is 0.116. The van der Waals surface area contributed by atoms with Crippen LogP contribution in [-0.2, 0) is 6.54 Å². The molecule has 1 N–H and O–H groups in total. The highest BCUT2D eigenvalue weighted by atomic mass is 15.2. The van der Waals surface area contributed by atoms with E-state index in [2.05, 4.69) is 77.9 Å². The Labute approximate surface area is 131 Å². The van der Waals surface area contributed by atoms with Crippen molar-refractivity contribution < 1.29 is 0 Å². The van der Waals surface area contributed by atoms with E-state index < -0.39 is 0 Å². The molecule has 0 bridgehead atoms. The summed E-state index contributed by atoms with van der Waals surface area (Å²) in [6.07, 6.45) is 1.09. The molecule has 0 aliphatic rings. The number of anilines is 1. The lowest BCUT2D eigenvalue weighted by Gasteiger charge is -2.36. The standard InChI is InChI=1S/C18H33N3/c1-9-18(6,7)21(8)17-11-15(12-19-14(4)5)10-16(20-17)13(2)3/h10-11,13-14,19H,9,12H2,1-8H3. The number of aromatic nitrogens is 1. The van der Waals surface area contributed by atoms with Gasteiger partial charge in [0.15, 0.2) is 0 Å². The number of hydrogen-bond acceptors (Lipinski definition) is 3. The maximum Gasteiger partial charge on any atom is 0.129 e. The van der Waals surface area contributed by atoms with E-state index in [0.717, 1.165) is 18.8 Å². The molecule has 120 valence electrons. The van der Waals surface area contributed by atoms with Crippen LogP contribution in [0, 0.1) is 0 Å². The van der Waals surface area contributed by atoms with Crippen LogP contribution in [0.4, 0.5) is 5.82 Å². The Morgan fingerprint density at radius 2 is 1.81 bits per heavy atom. The number of pyridine rings is 1. The van der Waals surface area contributed by atoms with Gasteiger partial charge in [-0.2, -0.15) is 0 Å². The fourth-order valence-corrected chi connectivity index (χ4v) is 2.03. The second-order valence-corrected chi connectivity index (χ2v) is 7.17. The second kappa shape index (κ2) is 7.26. The van der Waals surface area contributed by atoms with Crippen LogP contribution in [0.25, 0.3) is 0 Å². The van der Waals surface area contributed by atoms with Gasteiger partial charge in [-0.3, -0.25) is 0 Å². The zero-order valence-electron chi connectivity index (χ0n) is 15.1. The summed E-state index contributed by atoms with van der Waals surface area (Å²) in [5, 5.41) is 3.50. The van der Waals surface area contributed by atoms with Crippen LogP contribution in [-0.4, -0.2) is 23.6 Å². The van der Waals surface area contributed by atoms with Gasteiger partial charge in [0.05, 0.1) is 0 Å². The van der Waals surface area contributed by atoms with E-state index in [1.165, 1.54) is 11.3 Å². The van der Waals surface area contributed by atoms with E-state index >= 15 is 0 Å². The van der Waals surface area contributed by atoms with Gasteiger partial charge in [-0.1, -0.05) is 34.6 Å². The smallest absolute Gasteiger partial charge is 0.129 e. The van der Waals surface area contributed by atoms with Crippen LogP contribution in [0.15, 0.2) is 12.1 Å². The fourth-order valence-electron chi connectivity index (χ4n) is 2.03. The van der Waals surface area contributed by atoms with Crippen molar-refractivity contribution in [1.29, 1.82) is 0 Å². The van der Waals surface area contributed by atoms with Gasteiger partial charge in [0.2, 0.25) is 0 Å². The van der Waals surface area contributed by atoms with E-state index in [1.54, 1.807) is 0 Å². The van der Waals surface area contributed by atoms with E-state index in [9.17, 15) is 0 Å². The molecule has 0 saturated heterocycles. The lowest BCUT2D eigenvalue weighted by Crippen LogP contribution is -2.41. The molecule has 0 fully saturated rings. The van der Waals surface area contributed by atoms with E-state index in [0.29, 0.717) is 12.0 Å². The molecule has 0 saturated carbocycles.